The molecule has 0 saturated heterocycles. The van der Waals surface area contributed by atoms with Gasteiger partial charge in [-0.15, -0.1) is 9.05 Å². The van der Waals surface area contributed by atoms with E-state index in [2.05, 4.69) is 0 Å². The molecule has 0 N–H and O–H groups in total. The third-order valence-corrected chi connectivity index (χ3v) is 1.75. The van der Waals surface area contributed by atoms with Crippen LogP contribution in [0.4, 0.5) is 0 Å². The van der Waals surface area contributed by atoms with E-state index in [0.29, 0.717) is 25.0 Å². The van der Waals surface area contributed by atoms with Gasteiger partial charge >= 0.3 is 8.25 Å². The SMILES string of the molecule is CC(C)CO[P+](=O)OCC(C)C.[Li]. The zero-order chi connectivity index (χ0) is 9.56. The number of hydrogen-bond acceptors (Lipinski definition) is 3. The molecule has 0 aromatic rings. The summed E-state index contributed by atoms with van der Waals surface area (Å²) in [6.07, 6.45) is 0. The van der Waals surface area contributed by atoms with Crippen LogP contribution in [-0.4, -0.2) is 32.1 Å². The predicted molar refractivity (Wildman–Crippen MR) is 54.9 cm³/mol. The molecule has 13 heavy (non-hydrogen) atoms. The van der Waals surface area contributed by atoms with Gasteiger partial charge in [-0.3, -0.25) is 0 Å². The van der Waals surface area contributed by atoms with Crippen LogP contribution >= 0.6 is 8.25 Å². The molecule has 0 aromatic heterocycles. The van der Waals surface area contributed by atoms with E-state index in [1.807, 2.05) is 27.7 Å². The van der Waals surface area contributed by atoms with Crippen molar-refractivity contribution in [2.45, 2.75) is 27.7 Å². The minimum atomic E-state index is -1.90. The summed E-state index contributed by atoms with van der Waals surface area (Å²) in [5, 5.41) is 0. The van der Waals surface area contributed by atoms with Gasteiger partial charge in [-0.1, -0.05) is 27.7 Å². The fraction of sp³-hybridized carbons (Fsp3) is 1.00. The van der Waals surface area contributed by atoms with Gasteiger partial charge in [0.1, 0.15) is 13.2 Å². The van der Waals surface area contributed by atoms with Crippen molar-refractivity contribution >= 4 is 27.1 Å². The van der Waals surface area contributed by atoms with E-state index in [-0.39, 0.29) is 18.9 Å². The van der Waals surface area contributed by atoms with Gasteiger partial charge in [-0.05, 0) is 11.8 Å². The van der Waals surface area contributed by atoms with Gasteiger partial charge in [0.25, 0.3) is 0 Å². The summed E-state index contributed by atoms with van der Waals surface area (Å²) in [7, 11) is -1.90. The first-order valence-corrected chi connectivity index (χ1v) is 5.35. The van der Waals surface area contributed by atoms with E-state index in [9.17, 15) is 4.57 Å². The predicted octanol–water partition coefficient (Wildman–Crippen LogP) is 2.61. The molecule has 0 bridgehead atoms. The molecular formula is C8H18LiO3P+. The van der Waals surface area contributed by atoms with Gasteiger partial charge in [0.2, 0.25) is 0 Å². The van der Waals surface area contributed by atoms with Crippen LogP contribution in [-0.2, 0) is 13.6 Å². The molecule has 0 aliphatic heterocycles. The van der Waals surface area contributed by atoms with Gasteiger partial charge in [0.15, 0.2) is 0 Å². The zero-order valence-electron chi connectivity index (χ0n) is 9.24. The smallest absolute Gasteiger partial charge is 0.119 e. The van der Waals surface area contributed by atoms with Crippen molar-refractivity contribution in [2.24, 2.45) is 11.8 Å². The topological polar surface area (TPSA) is 35.5 Å². The molecule has 0 aromatic carbocycles. The number of hydrogen-bond donors (Lipinski definition) is 0. The van der Waals surface area contributed by atoms with Crippen molar-refractivity contribution in [1.29, 1.82) is 0 Å². The summed E-state index contributed by atoms with van der Waals surface area (Å²) in [6, 6.07) is 0. The van der Waals surface area contributed by atoms with Gasteiger partial charge in [-0.2, -0.15) is 0 Å². The molecule has 0 aliphatic rings. The molecule has 73 valence electrons. The largest absolute Gasteiger partial charge is 0.697 e. The summed E-state index contributed by atoms with van der Waals surface area (Å²) in [6.45, 7) is 9.01. The van der Waals surface area contributed by atoms with Crippen LogP contribution in [0, 0.1) is 11.8 Å². The Morgan fingerprint density at radius 1 is 1.00 bits per heavy atom. The maximum atomic E-state index is 11.0. The van der Waals surface area contributed by atoms with Crippen molar-refractivity contribution in [1.82, 2.24) is 0 Å². The minimum absolute atomic E-state index is 0. The Labute approximate surface area is 93.7 Å². The van der Waals surface area contributed by atoms with E-state index >= 15 is 0 Å². The van der Waals surface area contributed by atoms with Crippen LogP contribution in [0.5, 0.6) is 0 Å². The minimum Gasteiger partial charge on any atom is -0.119 e. The van der Waals surface area contributed by atoms with Crippen molar-refractivity contribution in [2.75, 3.05) is 13.2 Å². The Balaban J connectivity index is 0. The van der Waals surface area contributed by atoms with Crippen molar-refractivity contribution in [3.05, 3.63) is 0 Å². The summed E-state index contributed by atoms with van der Waals surface area (Å²) in [4.78, 5) is 0. The summed E-state index contributed by atoms with van der Waals surface area (Å²) in [5.41, 5.74) is 0. The molecule has 0 spiro atoms. The van der Waals surface area contributed by atoms with E-state index in [4.69, 9.17) is 9.05 Å². The molecule has 0 saturated carbocycles. The first kappa shape index (κ1) is 16.1. The van der Waals surface area contributed by atoms with Gasteiger partial charge in [-0.25, -0.2) is 0 Å². The molecule has 1 radical (unpaired) electrons. The normalized spacial score (nSPS) is 10.3. The van der Waals surface area contributed by atoms with E-state index in [0.717, 1.165) is 0 Å². The Kier molecular flexibility index (Phi) is 11.3. The Morgan fingerprint density at radius 3 is 1.54 bits per heavy atom. The maximum absolute atomic E-state index is 11.0. The fourth-order valence-electron chi connectivity index (χ4n) is 0.457. The molecule has 5 heteroatoms. The molecule has 3 nitrogen and oxygen atoms in total. The van der Waals surface area contributed by atoms with Gasteiger partial charge in [0, 0.05) is 23.4 Å². The standard InChI is InChI=1S/C8H18O3P.Li/c1-7(2)5-10-12(9)11-6-8(3)4;/h7-8H,5-6H2,1-4H3;/q+1;. The van der Waals surface area contributed by atoms with Crippen LogP contribution in [0.2, 0.25) is 0 Å². The van der Waals surface area contributed by atoms with E-state index in [1.165, 1.54) is 0 Å². The van der Waals surface area contributed by atoms with Crippen LogP contribution in [0.25, 0.3) is 0 Å². The maximum Gasteiger partial charge on any atom is 0.697 e. The Hall–Kier alpha value is 0.617. The van der Waals surface area contributed by atoms with Crippen LogP contribution in [0.3, 0.4) is 0 Å². The summed E-state index contributed by atoms with van der Waals surface area (Å²) >= 11 is 0. The van der Waals surface area contributed by atoms with Gasteiger partial charge in [0.05, 0.1) is 0 Å². The molecule has 0 rings (SSSR count). The quantitative estimate of drug-likeness (QED) is 0.488. The Bertz CT molecular complexity index is 125. The Morgan fingerprint density at radius 2 is 1.31 bits per heavy atom. The average Bonchev–Trinajstić information content (AvgIpc) is 1.96. The molecular weight excluding hydrogens is 182 g/mol. The second-order valence-electron chi connectivity index (χ2n) is 3.60. The van der Waals surface area contributed by atoms with Crippen LogP contribution in [0.1, 0.15) is 27.7 Å². The number of rotatable bonds is 6. The summed E-state index contributed by atoms with van der Waals surface area (Å²) < 4.78 is 20.8. The molecule has 0 unspecified atom stereocenters. The van der Waals surface area contributed by atoms with E-state index < -0.39 is 8.25 Å². The van der Waals surface area contributed by atoms with Crippen molar-refractivity contribution < 1.29 is 13.6 Å². The second kappa shape index (κ2) is 9.18. The van der Waals surface area contributed by atoms with Crippen molar-refractivity contribution in [3.8, 4) is 0 Å². The molecule has 0 aliphatic carbocycles. The molecule has 0 fully saturated rings. The van der Waals surface area contributed by atoms with Crippen molar-refractivity contribution in [3.63, 3.8) is 0 Å². The van der Waals surface area contributed by atoms with E-state index in [1.54, 1.807) is 0 Å². The van der Waals surface area contributed by atoms with Gasteiger partial charge < -0.3 is 0 Å². The average molecular weight is 200 g/mol. The first-order valence-electron chi connectivity index (χ1n) is 4.25. The zero-order valence-corrected chi connectivity index (χ0v) is 10.1. The first-order chi connectivity index (χ1) is 5.52. The second-order valence-corrected chi connectivity index (χ2v) is 4.57. The monoisotopic (exact) mass is 200 g/mol. The fourth-order valence-corrected chi connectivity index (χ4v) is 1.37. The molecule has 0 amide bonds. The van der Waals surface area contributed by atoms with Crippen LogP contribution in [0.15, 0.2) is 0 Å². The third-order valence-electron chi connectivity index (χ3n) is 1.03. The molecule has 0 heterocycles. The third kappa shape index (κ3) is 12.6. The van der Waals surface area contributed by atoms with Crippen LogP contribution < -0.4 is 0 Å². The summed E-state index contributed by atoms with van der Waals surface area (Å²) in [5.74, 6) is 0.790. The molecule has 0 atom stereocenters.